The first-order valence-corrected chi connectivity index (χ1v) is 14.3. The lowest BCUT2D eigenvalue weighted by atomic mass is 9.83. The number of amides is 1. The van der Waals surface area contributed by atoms with Crippen LogP contribution in [0.3, 0.4) is 0 Å². The summed E-state index contributed by atoms with van der Waals surface area (Å²) in [7, 11) is 0. The molecule has 0 radical (unpaired) electrons. The Morgan fingerprint density at radius 2 is 1.62 bits per heavy atom. The van der Waals surface area contributed by atoms with Crippen molar-refractivity contribution in [1.29, 1.82) is 0 Å². The second-order valence-electron chi connectivity index (χ2n) is 11.0. The molecule has 3 unspecified atom stereocenters. The zero-order valence-corrected chi connectivity index (χ0v) is 22.9. The third-order valence-corrected chi connectivity index (χ3v) is 8.72. The van der Waals surface area contributed by atoms with Gasteiger partial charge < -0.3 is 9.47 Å². The van der Waals surface area contributed by atoms with Gasteiger partial charge in [0.05, 0.1) is 6.04 Å². The maximum absolute atomic E-state index is 13.0. The van der Waals surface area contributed by atoms with Crippen LogP contribution < -0.4 is 5.56 Å². The zero-order valence-electron chi connectivity index (χ0n) is 22.2. The summed E-state index contributed by atoms with van der Waals surface area (Å²) in [6, 6.07) is 24.4. The van der Waals surface area contributed by atoms with Crippen LogP contribution in [0.4, 0.5) is 0 Å². The number of piperazine rings is 1. The molecule has 39 heavy (non-hydrogen) atoms. The van der Waals surface area contributed by atoms with Crippen LogP contribution in [0.2, 0.25) is 5.02 Å². The molecule has 6 nitrogen and oxygen atoms in total. The molecule has 1 amide bonds. The van der Waals surface area contributed by atoms with E-state index in [0.29, 0.717) is 24.9 Å². The summed E-state index contributed by atoms with van der Waals surface area (Å²) in [5.74, 6) is 0.972. The van der Waals surface area contributed by atoms with E-state index in [4.69, 9.17) is 11.6 Å². The van der Waals surface area contributed by atoms with Crippen LogP contribution in [0.5, 0.6) is 0 Å². The summed E-state index contributed by atoms with van der Waals surface area (Å²) in [5.41, 5.74) is 3.74. The van der Waals surface area contributed by atoms with Crippen LogP contribution in [0.15, 0.2) is 89.7 Å². The van der Waals surface area contributed by atoms with Gasteiger partial charge in [0.25, 0.3) is 5.56 Å². The fourth-order valence-electron chi connectivity index (χ4n) is 6.65. The minimum atomic E-state index is 0.0894. The molecule has 2 fully saturated rings. The van der Waals surface area contributed by atoms with Crippen molar-refractivity contribution in [2.45, 2.75) is 24.9 Å². The molecule has 7 heteroatoms. The highest BCUT2D eigenvalue weighted by Crippen LogP contribution is 2.35. The summed E-state index contributed by atoms with van der Waals surface area (Å²) >= 11 is 6.16. The van der Waals surface area contributed by atoms with Crippen LogP contribution in [-0.2, 0) is 11.3 Å². The Kier molecular flexibility index (Phi) is 7.69. The van der Waals surface area contributed by atoms with Crippen molar-refractivity contribution in [2.24, 2.45) is 5.92 Å². The molecule has 2 bridgehead atoms. The van der Waals surface area contributed by atoms with Crippen molar-refractivity contribution in [2.75, 3.05) is 45.8 Å². The van der Waals surface area contributed by atoms with E-state index in [1.165, 1.54) is 11.1 Å². The van der Waals surface area contributed by atoms with Gasteiger partial charge in [0.2, 0.25) is 5.91 Å². The fraction of sp³-hybridized carbons (Fsp3) is 0.375. The number of nitrogens with zero attached hydrogens (tertiary/aromatic N) is 4. The van der Waals surface area contributed by atoms with Gasteiger partial charge in [-0.2, -0.15) is 0 Å². The Hall–Kier alpha value is -3.19. The minimum absolute atomic E-state index is 0.0894. The highest BCUT2D eigenvalue weighted by Gasteiger charge is 2.34. The number of rotatable bonds is 6. The summed E-state index contributed by atoms with van der Waals surface area (Å²) in [5, 5.41) is 0.737. The molecule has 1 aromatic heterocycles. The molecule has 202 valence electrons. The predicted molar refractivity (Wildman–Crippen MR) is 155 cm³/mol. The number of aromatic nitrogens is 1. The molecule has 0 spiro atoms. The minimum Gasteiger partial charge on any atom is -0.337 e. The molecular weight excluding hydrogens is 508 g/mol. The number of pyridine rings is 1. The number of benzene rings is 2. The van der Waals surface area contributed by atoms with E-state index in [9.17, 15) is 9.59 Å². The molecule has 6 rings (SSSR count). The van der Waals surface area contributed by atoms with Gasteiger partial charge in [0.1, 0.15) is 0 Å². The van der Waals surface area contributed by atoms with Gasteiger partial charge in [-0.3, -0.25) is 19.4 Å². The summed E-state index contributed by atoms with van der Waals surface area (Å²) in [6.07, 6.45) is 4.92. The standard InChI is InChI=1S/C32H35ClN4O2/c33-28-13-11-26(12-14-28)32(25-6-2-1-3-7-25)36-18-16-35(17-19-36)30(38)10-5-15-34-21-24-20-27(23-34)29-8-4-9-31(39)37(29)22-24/h1-14,24,27,32H,15-23H2. The lowest BCUT2D eigenvalue weighted by Gasteiger charge is -2.42. The molecule has 3 aromatic rings. The zero-order chi connectivity index (χ0) is 26.8. The Morgan fingerprint density at radius 1 is 0.872 bits per heavy atom. The van der Waals surface area contributed by atoms with E-state index in [-0.39, 0.29) is 17.5 Å². The van der Waals surface area contributed by atoms with Crippen molar-refractivity contribution >= 4 is 17.5 Å². The summed E-state index contributed by atoms with van der Waals surface area (Å²) < 4.78 is 1.96. The molecule has 4 heterocycles. The molecular formula is C32H35ClN4O2. The van der Waals surface area contributed by atoms with Crippen molar-refractivity contribution in [3.05, 3.63) is 117 Å². The normalized spacial score (nSPS) is 22.5. The van der Waals surface area contributed by atoms with Crippen LogP contribution in [0.1, 0.15) is 35.2 Å². The lowest BCUT2D eigenvalue weighted by molar-refractivity contribution is -0.128. The Balaban J connectivity index is 1.05. The first-order valence-electron chi connectivity index (χ1n) is 14.0. The van der Waals surface area contributed by atoms with E-state index in [0.717, 1.165) is 56.4 Å². The monoisotopic (exact) mass is 542 g/mol. The van der Waals surface area contributed by atoms with Crippen LogP contribution in [0, 0.1) is 5.92 Å². The van der Waals surface area contributed by atoms with Crippen molar-refractivity contribution in [3.8, 4) is 0 Å². The van der Waals surface area contributed by atoms with Gasteiger partial charge in [0.15, 0.2) is 0 Å². The van der Waals surface area contributed by atoms with Gasteiger partial charge >= 0.3 is 0 Å². The Bertz CT molecular complexity index is 1380. The van der Waals surface area contributed by atoms with E-state index in [1.807, 2.05) is 39.8 Å². The Morgan fingerprint density at radius 3 is 2.38 bits per heavy atom. The molecule has 2 saturated heterocycles. The number of hydrogen-bond donors (Lipinski definition) is 0. The summed E-state index contributed by atoms with van der Waals surface area (Å²) in [4.78, 5) is 32.2. The lowest BCUT2D eigenvalue weighted by Crippen LogP contribution is -2.49. The SMILES string of the molecule is O=C(C=CCN1CC2CC(C1)c1cccc(=O)n1C2)N1CCN(C(c2ccccc2)c2ccc(Cl)cc2)CC1. The molecule has 0 aliphatic carbocycles. The largest absolute Gasteiger partial charge is 0.337 e. The number of hydrogen-bond acceptors (Lipinski definition) is 4. The second-order valence-corrected chi connectivity index (χ2v) is 11.5. The fourth-order valence-corrected chi connectivity index (χ4v) is 6.77. The van der Waals surface area contributed by atoms with Crippen molar-refractivity contribution < 1.29 is 4.79 Å². The number of carbonyl (C=O) groups excluding carboxylic acids is 1. The molecule has 3 aliphatic heterocycles. The average Bonchev–Trinajstić information content (AvgIpc) is 2.96. The van der Waals surface area contributed by atoms with E-state index in [1.54, 1.807) is 12.1 Å². The molecule has 3 aliphatic rings. The van der Waals surface area contributed by atoms with E-state index >= 15 is 0 Å². The molecule has 0 saturated carbocycles. The van der Waals surface area contributed by atoms with Crippen LogP contribution in [-0.4, -0.2) is 71.0 Å². The number of fused-ring (bicyclic) bond motifs is 4. The van der Waals surface area contributed by atoms with Crippen LogP contribution >= 0.6 is 11.6 Å². The van der Waals surface area contributed by atoms with Crippen molar-refractivity contribution in [1.82, 2.24) is 19.3 Å². The van der Waals surface area contributed by atoms with Gasteiger partial charge in [-0.25, -0.2) is 0 Å². The molecule has 2 aromatic carbocycles. The first kappa shape index (κ1) is 26.1. The third-order valence-electron chi connectivity index (χ3n) is 8.47. The van der Waals surface area contributed by atoms with E-state index in [2.05, 4.69) is 52.3 Å². The van der Waals surface area contributed by atoms with Crippen LogP contribution in [0.25, 0.3) is 0 Å². The van der Waals surface area contributed by atoms with Gasteiger partial charge in [-0.15, -0.1) is 0 Å². The smallest absolute Gasteiger partial charge is 0.250 e. The molecule has 3 atom stereocenters. The maximum Gasteiger partial charge on any atom is 0.250 e. The van der Waals surface area contributed by atoms with E-state index < -0.39 is 0 Å². The quantitative estimate of drug-likeness (QED) is 0.433. The average molecular weight is 543 g/mol. The maximum atomic E-state index is 13.0. The molecule has 0 N–H and O–H groups in total. The number of piperidine rings is 1. The number of halogens is 1. The van der Waals surface area contributed by atoms with Gasteiger partial charge in [-0.05, 0) is 41.7 Å². The summed E-state index contributed by atoms with van der Waals surface area (Å²) in [6.45, 7) is 6.52. The Labute approximate surface area is 235 Å². The highest BCUT2D eigenvalue weighted by molar-refractivity contribution is 6.30. The topological polar surface area (TPSA) is 48.8 Å². The predicted octanol–water partition coefficient (Wildman–Crippen LogP) is 4.41. The highest BCUT2D eigenvalue weighted by atomic mass is 35.5. The van der Waals surface area contributed by atoms with Crippen molar-refractivity contribution in [3.63, 3.8) is 0 Å². The second kappa shape index (κ2) is 11.5. The number of likely N-dealkylation sites (tertiary alicyclic amines) is 1. The van der Waals surface area contributed by atoms with Gasteiger partial charge in [-0.1, -0.05) is 66.2 Å². The number of carbonyl (C=O) groups is 1. The third kappa shape index (κ3) is 5.74. The first-order chi connectivity index (χ1) is 19.0. The van der Waals surface area contributed by atoms with Gasteiger partial charge in [0, 0.05) is 81.1 Å².